The van der Waals surface area contributed by atoms with Crippen LogP contribution in [0.1, 0.15) is 194 Å². The lowest BCUT2D eigenvalue weighted by Crippen LogP contribution is -2.31. The molecule has 0 aliphatic rings. The highest BCUT2D eigenvalue weighted by molar-refractivity contribution is 7.47. The fraction of sp³-hybridized carbons (Fsp3) is 0.905. The van der Waals surface area contributed by atoms with E-state index in [0.717, 1.165) is 38.5 Å². The van der Waals surface area contributed by atoms with Crippen LogP contribution in [0.15, 0.2) is 0 Å². The summed E-state index contributed by atoms with van der Waals surface area (Å²) in [5.41, 5.74) is 10.9. The lowest BCUT2D eigenvalue weighted by molar-refractivity contribution is -0.162. The van der Waals surface area contributed by atoms with Crippen molar-refractivity contribution in [1.82, 2.24) is 0 Å². The van der Waals surface area contributed by atoms with Crippen LogP contribution in [0, 0.1) is 0 Å². The van der Waals surface area contributed by atoms with Gasteiger partial charge in [-0.15, -0.1) is 24.8 Å². The highest BCUT2D eigenvalue weighted by atomic mass is 35.5. The SMILES string of the molecule is CCCCCCCCCCCCCC(=O)OC[C@H](COP(=O)(O)OCC(COC(=O)CCCN)OC(=O)CCCN)OC(=O)CCCCCCCCCCCCC.Cl.Cl. The van der Waals surface area contributed by atoms with E-state index in [2.05, 4.69) is 13.8 Å². The number of ether oxygens (including phenoxy) is 4. The van der Waals surface area contributed by atoms with E-state index >= 15 is 0 Å². The molecule has 0 aliphatic heterocycles. The quantitative estimate of drug-likeness (QED) is 0.0225. The van der Waals surface area contributed by atoms with Crippen LogP contribution in [0.25, 0.3) is 0 Å². The standard InChI is InChI=1S/C42H81N2O12P.2ClH/c1-3-5-7-9-11-13-15-17-19-21-23-27-39(45)51-33-37(55-41(47)28-24-22-20-18-16-14-12-10-8-6-4-2)35-53-57(49,50)54-36-38(56-42(48)30-26-32-44)34-52-40(46)29-25-31-43;;/h37-38H,3-36,43-44H2,1-2H3,(H,49,50);2*1H/t37-,38?;;/m1../s1. The minimum absolute atomic E-state index is 0. The normalized spacial score (nSPS) is 13.0. The number of carbonyl (C=O) groups is 4. The molecule has 352 valence electrons. The monoisotopic (exact) mass is 909 g/mol. The fourth-order valence-electron chi connectivity index (χ4n) is 5.99. The maximum absolute atomic E-state index is 12.9. The number of carbonyl (C=O) groups excluding carboxylic acids is 4. The van der Waals surface area contributed by atoms with Gasteiger partial charge in [0.2, 0.25) is 0 Å². The summed E-state index contributed by atoms with van der Waals surface area (Å²) in [6.45, 7) is 2.95. The molecule has 0 bridgehead atoms. The van der Waals surface area contributed by atoms with Gasteiger partial charge in [0, 0.05) is 25.7 Å². The largest absolute Gasteiger partial charge is 0.472 e. The fourth-order valence-corrected chi connectivity index (χ4v) is 6.77. The molecule has 0 fully saturated rings. The second-order valence-corrected chi connectivity index (χ2v) is 16.5. The van der Waals surface area contributed by atoms with Crippen molar-refractivity contribution in [3.8, 4) is 0 Å². The van der Waals surface area contributed by atoms with Crippen molar-refractivity contribution >= 4 is 56.5 Å². The molecule has 0 aliphatic carbocycles. The number of unbranched alkanes of at least 4 members (excludes halogenated alkanes) is 20. The van der Waals surface area contributed by atoms with E-state index in [1.807, 2.05) is 0 Å². The predicted octanol–water partition coefficient (Wildman–Crippen LogP) is 9.75. The first-order valence-corrected chi connectivity index (χ1v) is 23.8. The Kier molecular flexibility index (Phi) is 46.6. The highest BCUT2D eigenvalue weighted by Gasteiger charge is 2.29. The van der Waals surface area contributed by atoms with E-state index in [1.54, 1.807) is 0 Å². The number of phosphoric ester groups is 1. The van der Waals surface area contributed by atoms with Gasteiger partial charge in [-0.05, 0) is 38.8 Å². The van der Waals surface area contributed by atoms with Crippen molar-refractivity contribution in [3.63, 3.8) is 0 Å². The molecule has 0 spiro atoms. The van der Waals surface area contributed by atoms with Crippen LogP contribution in [0.4, 0.5) is 0 Å². The van der Waals surface area contributed by atoms with E-state index in [0.29, 0.717) is 25.7 Å². The molecule has 14 nitrogen and oxygen atoms in total. The summed E-state index contributed by atoms with van der Waals surface area (Å²) in [5.74, 6) is -2.22. The summed E-state index contributed by atoms with van der Waals surface area (Å²) in [6, 6.07) is 0. The molecule has 5 N–H and O–H groups in total. The smallest absolute Gasteiger partial charge is 0.462 e. The van der Waals surface area contributed by atoms with Gasteiger partial charge in [0.15, 0.2) is 12.2 Å². The average Bonchev–Trinajstić information content (AvgIpc) is 3.19. The Bertz CT molecular complexity index is 1060. The van der Waals surface area contributed by atoms with Crippen molar-refractivity contribution in [2.24, 2.45) is 11.5 Å². The molecule has 0 heterocycles. The molecule has 0 aromatic heterocycles. The minimum atomic E-state index is -4.81. The Morgan fingerprint density at radius 1 is 0.441 bits per heavy atom. The summed E-state index contributed by atoms with van der Waals surface area (Å²) < 4.78 is 44.5. The number of esters is 4. The van der Waals surface area contributed by atoms with Crippen molar-refractivity contribution in [3.05, 3.63) is 0 Å². The van der Waals surface area contributed by atoms with Crippen LogP contribution in [0.3, 0.4) is 0 Å². The Labute approximate surface area is 368 Å². The number of rotatable bonds is 42. The lowest BCUT2D eigenvalue weighted by atomic mass is 10.1. The molecule has 0 aromatic rings. The molecule has 0 saturated heterocycles. The highest BCUT2D eigenvalue weighted by Crippen LogP contribution is 2.43. The summed E-state index contributed by atoms with van der Waals surface area (Å²) >= 11 is 0. The van der Waals surface area contributed by atoms with E-state index in [-0.39, 0.29) is 70.2 Å². The molecular weight excluding hydrogens is 826 g/mol. The van der Waals surface area contributed by atoms with E-state index < -0.39 is 63.7 Å². The Balaban J connectivity index is -0.0000157. The average molecular weight is 910 g/mol. The predicted molar refractivity (Wildman–Crippen MR) is 237 cm³/mol. The van der Waals surface area contributed by atoms with Crippen LogP contribution in [0.5, 0.6) is 0 Å². The van der Waals surface area contributed by atoms with Gasteiger partial charge < -0.3 is 35.3 Å². The van der Waals surface area contributed by atoms with Gasteiger partial charge in [-0.25, -0.2) is 4.57 Å². The molecule has 0 amide bonds. The Morgan fingerprint density at radius 2 is 0.712 bits per heavy atom. The first kappa shape index (κ1) is 61.8. The van der Waals surface area contributed by atoms with Gasteiger partial charge in [0.05, 0.1) is 13.2 Å². The zero-order valence-corrected chi connectivity index (χ0v) is 39.1. The van der Waals surface area contributed by atoms with Gasteiger partial charge >= 0.3 is 31.7 Å². The third-order valence-corrected chi connectivity index (χ3v) is 10.4. The van der Waals surface area contributed by atoms with E-state index in [1.165, 1.54) is 89.9 Å². The van der Waals surface area contributed by atoms with Crippen LogP contribution in [-0.2, 0) is 51.7 Å². The second-order valence-electron chi connectivity index (χ2n) is 15.0. The number of phosphoric acid groups is 1. The van der Waals surface area contributed by atoms with Crippen molar-refractivity contribution < 1.29 is 56.6 Å². The molecule has 0 aromatic carbocycles. The molecule has 2 unspecified atom stereocenters. The third kappa shape index (κ3) is 43.0. The first-order chi connectivity index (χ1) is 27.6. The third-order valence-electron chi connectivity index (χ3n) is 9.44. The molecule has 59 heavy (non-hydrogen) atoms. The van der Waals surface area contributed by atoms with Crippen LogP contribution < -0.4 is 11.5 Å². The minimum Gasteiger partial charge on any atom is -0.462 e. The molecular formula is C42H83Cl2N2O12P. The zero-order valence-electron chi connectivity index (χ0n) is 36.6. The van der Waals surface area contributed by atoms with E-state index in [4.69, 9.17) is 39.5 Å². The maximum atomic E-state index is 12.9. The van der Waals surface area contributed by atoms with Crippen LogP contribution in [-0.4, -0.2) is 80.5 Å². The topological polar surface area (TPSA) is 213 Å². The van der Waals surface area contributed by atoms with Gasteiger partial charge in [-0.2, -0.15) is 0 Å². The lowest BCUT2D eigenvalue weighted by Gasteiger charge is -2.22. The molecule has 0 radical (unpaired) electrons. The van der Waals surface area contributed by atoms with Crippen LogP contribution in [0.2, 0.25) is 0 Å². The molecule has 0 rings (SSSR count). The number of hydrogen-bond acceptors (Lipinski definition) is 13. The number of hydrogen-bond donors (Lipinski definition) is 3. The molecule has 0 saturated carbocycles. The van der Waals surface area contributed by atoms with Gasteiger partial charge in [-0.1, -0.05) is 142 Å². The molecule has 17 heteroatoms. The summed E-state index contributed by atoms with van der Waals surface area (Å²) in [4.78, 5) is 60.0. The number of nitrogens with two attached hydrogens (primary N) is 2. The van der Waals surface area contributed by atoms with Crippen molar-refractivity contribution in [2.75, 3.05) is 39.5 Å². The van der Waals surface area contributed by atoms with E-state index in [9.17, 15) is 28.6 Å². The van der Waals surface area contributed by atoms with Crippen molar-refractivity contribution in [2.45, 2.75) is 206 Å². The first-order valence-electron chi connectivity index (χ1n) is 22.3. The summed E-state index contributed by atoms with van der Waals surface area (Å²) in [7, 11) is -4.81. The van der Waals surface area contributed by atoms with Gasteiger partial charge in [0.1, 0.15) is 13.2 Å². The molecule has 3 atom stereocenters. The number of halogens is 2. The summed E-state index contributed by atoms with van der Waals surface area (Å²) in [5, 5.41) is 0. The van der Waals surface area contributed by atoms with Crippen molar-refractivity contribution in [1.29, 1.82) is 0 Å². The van der Waals surface area contributed by atoms with Gasteiger partial charge in [0.25, 0.3) is 0 Å². The maximum Gasteiger partial charge on any atom is 0.472 e. The Hall–Kier alpha value is -1.51. The van der Waals surface area contributed by atoms with Gasteiger partial charge in [-0.3, -0.25) is 28.2 Å². The zero-order chi connectivity index (χ0) is 42.2. The van der Waals surface area contributed by atoms with Crippen LogP contribution >= 0.6 is 32.6 Å². The Morgan fingerprint density at radius 3 is 1.03 bits per heavy atom. The summed E-state index contributed by atoms with van der Waals surface area (Å²) in [6.07, 6.45) is 23.9. The second kappa shape index (κ2) is 44.5.